The number of piperidine rings is 1. The summed E-state index contributed by atoms with van der Waals surface area (Å²) in [5.41, 5.74) is 0. The molecule has 1 N–H and O–H groups in total. The number of amides is 1. The monoisotopic (exact) mass is 260 g/mol. The molecule has 1 aliphatic heterocycles. The molecule has 2 heterocycles. The lowest BCUT2D eigenvalue weighted by Crippen LogP contribution is -2.48. The topological polar surface area (TPSA) is 80.5 Å². The Morgan fingerprint density at radius 2 is 2.42 bits per heavy atom. The van der Waals surface area contributed by atoms with Gasteiger partial charge in [-0.3, -0.25) is 4.90 Å². The Kier molecular flexibility index (Phi) is 4.18. The van der Waals surface area contributed by atoms with E-state index in [1.807, 2.05) is 6.07 Å². The number of likely N-dealkylation sites (tertiary alicyclic amines) is 1. The van der Waals surface area contributed by atoms with Gasteiger partial charge in [-0.15, -0.1) is 0 Å². The summed E-state index contributed by atoms with van der Waals surface area (Å²) in [6.45, 7) is 0.904. The highest BCUT2D eigenvalue weighted by molar-refractivity contribution is 5.65. The van der Waals surface area contributed by atoms with Crippen LogP contribution in [0.5, 0.6) is 0 Å². The van der Waals surface area contributed by atoms with Gasteiger partial charge in [-0.1, -0.05) is 6.07 Å². The molecule has 6 nitrogen and oxygen atoms in total. The molecule has 100 valence electrons. The summed E-state index contributed by atoms with van der Waals surface area (Å²) in [5, 5.41) is 18.4. The maximum absolute atomic E-state index is 11.2. The van der Waals surface area contributed by atoms with Crippen LogP contribution in [-0.4, -0.2) is 40.2 Å². The zero-order valence-corrected chi connectivity index (χ0v) is 10.6. The van der Waals surface area contributed by atoms with E-state index in [2.05, 4.69) is 11.2 Å². The van der Waals surface area contributed by atoms with Gasteiger partial charge in [0.2, 0.25) is 0 Å². The normalized spacial score (nSPS) is 18.7. The number of nitrogens with zero attached hydrogens (tertiary/aromatic N) is 4. The number of pyridine rings is 1. The van der Waals surface area contributed by atoms with E-state index >= 15 is 0 Å². The molecule has 1 fully saturated rings. The molecular formula is C13H16N4O2. The summed E-state index contributed by atoms with van der Waals surface area (Å²) in [7, 11) is 0. The first kappa shape index (κ1) is 13.1. The van der Waals surface area contributed by atoms with Gasteiger partial charge in [-0.2, -0.15) is 5.26 Å². The van der Waals surface area contributed by atoms with Crippen LogP contribution < -0.4 is 4.90 Å². The minimum atomic E-state index is -0.913. The van der Waals surface area contributed by atoms with Crippen LogP contribution >= 0.6 is 0 Å². The van der Waals surface area contributed by atoms with Gasteiger partial charge in [0.25, 0.3) is 0 Å². The van der Waals surface area contributed by atoms with Crippen molar-refractivity contribution in [2.75, 3.05) is 18.0 Å². The van der Waals surface area contributed by atoms with Crippen molar-refractivity contribution in [1.29, 1.82) is 5.26 Å². The maximum atomic E-state index is 11.2. The lowest BCUT2D eigenvalue weighted by atomic mass is 10.0. The van der Waals surface area contributed by atoms with Crippen LogP contribution in [0, 0.1) is 11.5 Å². The standard InChI is InChI=1S/C13H16N4O2/c14-10-16(12-6-1-3-7-15-12)9-11-5-2-4-8-17(11)13(18)19/h1,3,6-7,11H,2,4-5,8-9H2,(H,18,19). The van der Waals surface area contributed by atoms with Crippen LogP contribution in [0.2, 0.25) is 0 Å². The van der Waals surface area contributed by atoms with E-state index in [0.29, 0.717) is 18.9 Å². The number of hydrogen-bond donors (Lipinski definition) is 1. The molecule has 1 unspecified atom stereocenters. The van der Waals surface area contributed by atoms with Gasteiger partial charge in [-0.25, -0.2) is 9.78 Å². The van der Waals surface area contributed by atoms with Crippen molar-refractivity contribution in [3.8, 4) is 6.19 Å². The summed E-state index contributed by atoms with van der Waals surface area (Å²) in [5.74, 6) is 0.556. The number of rotatable bonds is 3. The number of hydrogen-bond acceptors (Lipinski definition) is 4. The molecule has 1 aromatic rings. The molecule has 0 saturated carbocycles. The molecule has 1 aromatic heterocycles. The van der Waals surface area contributed by atoms with Gasteiger partial charge in [-0.05, 0) is 31.4 Å². The second-order valence-corrected chi connectivity index (χ2v) is 4.52. The third-order valence-electron chi connectivity index (χ3n) is 3.31. The van der Waals surface area contributed by atoms with Gasteiger partial charge in [0.1, 0.15) is 5.82 Å². The minimum Gasteiger partial charge on any atom is -0.465 e. The fraction of sp³-hybridized carbons (Fsp3) is 0.462. The van der Waals surface area contributed by atoms with Gasteiger partial charge in [0.15, 0.2) is 6.19 Å². The molecule has 1 saturated heterocycles. The largest absolute Gasteiger partial charge is 0.465 e. The Morgan fingerprint density at radius 1 is 1.58 bits per heavy atom. The summed E-state index contributed by atoms with van der Waals surface area (Å²) >= 11 is 0. The molecule has 0 spiro atoms. The van der Waals surface area contributed by atoms with Gasteiger partial charge in [0.05, 0.1) is 12.6 Å². The van der Waals surface area contributed by atoms with E-state index in [0.717, 1.165) is 19.3 Å². The Bertz CT molecular complexity index is 471. The minimum absolute atomic E-state index is 0.145. The Hall–Kier alpha value is -2.29. The molecule has 0 radical (unpaired) electrons. The third-order valence-corrected chi connectivity index (χ3v) is 3.31. The zero-order valence-electron chi connectivity index (χ0n) is 10.6. The average molecular weight is 260 g/mol. The number of aromatic nitrogens is 1. The quantitative estimate of drug-likeness (QED) is 0.663. The van der Waals surface area contributed by atoms with E-state index in [1.54, 1.807) is 18.3 Å². The summed E-state index contributed by atoms with van der Waals surface area (Å²) in [6, 6.07) is 5.19. The SMILES string of the molecule is N#CN(CC1CCCCN1C(=O)O)c1ccccn1. The van der Waals surface area contributed by atoms with Crippen molar-refractivity contribution >= 4 is 11.9 Å². The van der Waals surface area contributed by atoms with Crippen molar-refractivity contribution in [2.45, 2.75) is 25.3 Å². The van der Waals surface area contributed by atoms with Crippen molar-refractivity contribution in [3.63, 3.8) is 0 Å². The van der Waals surface area contributed by atoms with Crippen molar-refractivity contribution in [2.24, 2.45) is 0 Å². The van der Waals surface area contributed by atoms with Crippen molar-refractivity contribution in [3.05, 3.63) is 24.4 Å². The molecule has 0 bridgehead atoms. The summed E-state index contributed by atoms with van der Waals surface area (Å²) in [6.07, 6.45) is 5.46. The molecule has 0 aliphatic carbocycles. The Morgan fingerprint density at radius 3 is 3.05 bits per heavy atom. The summed E-state index contributed by atoms with van der Waals surface area (Å²) in [4.78, 5) is 18.2. The molecule has 6 heteroatoms. The molecule has 1 amide bonds. The second kappa shape index (κ2) is 6.05. The van der Waals surface area contributed by atoms with Crippen molar-refractivity contribution in [1.82, 2.24) is 9.88 Å². The maximum Gasteiger partial charge on any atom is 0.407 e. The molecular weight excluding hydrogens is 244 g/mol. The second-order valence-electron chi connectivity index (χ2n) is 4.52. The van der Waals surface area contributed by atoms with Gasteiger partial charge in [0, 0.05) is 12.7 Å². The van der Waals surface area contributed by atoms with E-state index in [4.69, 9.17) is 0 Å². The van der Waals surface area contributed by atoms with Crippen LogP contribution in [0.3, 0.4) is 0 Å². The van der Waals surface area contributed by atoms with E-state index in [-0.39, 0.29) is 6.04 Å². The molecule has 2 rings (SSSR count). The first-order chi connectivity index (χ1) is 9.22. The smallest absolute Gasteiger partial charge is 0.407 e. The lowest BCUT2D eigenvalue weighted by molar-refractivity contribution is 0.109. The highest BCUT2D eigenvalue weighted by atomic mass is 16.4. The Balaban J connectivity index is 2.09. The predicted molar refractivity (Wildman–Crippen MR) is 69.6 cm³/mol. The van der Waals surface area contributed by atoms with Gasteiger partial charge >= 0.3 is 6.09 Å². The first-order valence-electron chi connectivity index (χ1n) is 6.30. The predicted octanol–water partition coefficient (Wildman–Crippen LogP) is 1.90. The molecule has 1 aliphatic rings. The average Bonchev–Trinajstić information content (AvgIpc) is 2.46. The third kappa shape index (κ3) is 3.13. The van der Waals surface area contributed by atoms with E-state index < -0.39 is 6.09 Å². The molecule has 19 heavy (non-hydrogen) atoms. The Labute approximate surface area is 111 Å². The first-order valence-corrected chi connectivity index (χ1v) is 6.30. The zero-order chi connectivity index (χ0) is 13.7. The number of anilines is 1. The molecule has 1 atom stereocenters. The van der Waals surface area contributed by atoms with Crippen LogP contribution in [-0.2, 0) is 0 Å². The number of carbonyl (C=O) groups is 1. The van der Waals surface area contributed by atoms with Crippen LogP contribution in [0.25, 0.3) is 0 Å². The molecule has 0 aromatic carbocycles. The van der Waals surface area contributed by atoms with Crippen LogP contribution in [0.4, 0.5) is 10.6 Å². The fourth-order valence-electron chi connectivity index (χ4n) is 2.35. The van der Waals surface area contributed by atoms with Crippen LogP contribution in [0.1, 0.15) is 19.3 Å². The number of carboxylic acid groups (broad SMARTS) is 1. The fourth-order valence-corrected chi connectivity index (χ4v) is 2.35. The van der Waals surface area contributed by atoms with Gasteiger partial charge < -0.3 is 10.0 Å². The van der Waals surface area contributed by atoms with Crippen molar-refractivity contribution < 1.29 is 9.90 Å². The summed E-state index contributed by atoms with van der Waals surface area (Å²) < 4.78 is 0. The number of nitriles is 1. The highest BCUT2D eigenvalue weighted by Gasteiger charge is 2.28. The van der Waals surface area contributed by atoms with E-state index in [1.165, 1.54) is 9.80 Å². The van der Waals surface area contributed by atoms with E-state index in [9.17, 15) is 15.2 Å². The highest BCUT2D eigenvalue weighted by Crippen LogP contribution is 2.20. The van der Waals surface area contributed by atoms with Crippen LogP contribution in [0.15, 0.2) is 24.4 Å². The lowest BCUT2D eigenvalue weighted by Gasteiger charge is -2.35.